The molecule has 0 fully saturated rings. The Labute approximate surface area is 142 Å². The average molecular weight is 414 g/mol. The standard InChI is InChI=1S/C17H18Br2O2/c18-15-4-6-17(7-5-15)21-9-8-14(12-20)10-13-2-1-3-16(19)11-13/h1-7,11,14,20H,8-10,12H2. The summed E-state index contributed by atoms with van der Waals surface area (Å²) >= 11 is 6.87. The summed E-state index contributed by atoms with van der Waals surface area (Å²) < 4.78 is 7.83. The van der Waals surface area contributed by atoms with Gasteiger partial charge in [0.1, 0.15) is 5.75 Å². The molecule has 1 N–H and O–H groups in total. The maximum absolute atomic E-state index is 9.52. The second kappa shape index (κ2) is 8.57. The second-order valence-electron chi connectivity index (χ2n) is 4.97. The van der Waals surface area contributed by atoms with Gasteiger partial charge in [-0.25, -0.2) is 0 Å². The van der Waals surface area contributed by atoms with Gasteiger partial charge in [0.2, 0.25) is 0 Å². The van der Waals surface area contributed by atoms with Gasteiger partial charge in [0.25, 0.3) is 0 Å². The second-order valence-corrected chi connectivity index (χ2v) is 6.81. The Morgan fingerprint density at radius 3 is 2.43 bits per heavy atom. The molecule has 1 atom stereocenters. The van der Waals surface area contributed by atoms with Crippen molar-refractivity contribution < 1.29 is 9.84 Å². The Morgan fingerprint density at radius 2 is 1.76 bits per heavy atom. The minimum atomic E-state index is 0.177. The number of aliphatic hydroxyl groups excluding tert-OH is 1. The monoisotopic (exact) mass is 412 g/mol. The predicted octanol–water partition coefficient (Wildman–Crippen LogP) is 4.83. The molecule has 21 heavy (non-hydrogen) atoms. The molecule has 0 amide bonds. The fourth-order valence-electron chi connectivity index (χ4n) is 2.13. The zero-order valence-corrected chi connectivity index (χ0v) is 14.8. The molecule has 2 aromatic carbocycles. The van der Waals surface area contributed by atoms with Crippen LogP contribution in [-0.4, -0.2) is 18.3 Å². The molecule has 4 heteroatoms. The van der Waals surface area contributed by atoms with Crippen LogP contribution >= 0.6 is 31.9 Å². The normalized spacial score (nSPS) is 12.1. The van der Waals surface area contributed by atoms with E-state index in [0.717, 1.165) is 27.5 Å². The van der Waals surface area contributed by atoms with E-state index in [-0.39, 0.29) is 12.5 Å². The van der Waals surface area contributed by atoms with Gasteiger partial charge < -0.3 is 9.84 Å². The van der Waals surface area contributed by atoms with Crippen LogP contribution in [-0.2, 0) is 6.42 Å². The molecule has 0 aromatic heterocycles. The lowest BCUT2D eigenvalue weighted by Crippen LogP contribution is -2.14. The first-order chi connectivity index (χ1) is 10.2. The molecule has 0 spiro atoms. The first-order valence-corrected chi connectivity index (χ1v) is 8.49. The summed E-state index contributed by atoms with van der Waals surface area (Å²) in [5.41, 5.74) is 1.23. The van der Waals surface area contributed by atoms with Crippen LogP contribution in [0.15, 0.2) is 57.5 Å². The highest BCUT2D eigenvalue weighted by atomic mass is 79.9. The van der Waals surface area contributed by atoms with Gasteiger partial charge in [-0.2, -0.15) is 0 Å². The number of halogens is 2. The van der Waals surface area contributed by atoms with Crippen LogP contribution in [0.25, 0.3) is 0 Å². The van der Waals surface area contributed by atoms with Crippen LogP contribution in [0.2, 0.25) is 0 Å². The Morgan fingerprint density at radius 1 is 1.00 bits per heavy atom. The van der Waals surface area contributed by atoms with Crippen molar-refractivity contribution >= 4 is 31.9 Å². The lowest BCUT2D eigenvalue weighted by molar-refractivity contribution is 0.190. The zero-order chi connectivity index (χ0) is 15.1. The van der Waals surface area contributed by atoms with Crippen molar-refractivity contribution in [2.75, 3.05) is 13.2 Å². The van der Waals surface area contributed by atoms with Crippen molar-refractivity contribution in [2.24, 2.45) is 5.92 Å². The lowest BCUT2D eigenvalue weighted by atomic mass is 9.97. The van der Waals surface area contributed by atoms with E-state index in [9.17, 15) is 5.11 Å². The molecular weight excluding hydrogens is 396 g/mol. The lowest BCUT2D eigenvalue weighted by Gasteiger charge is -2.15. The molecule has 1 unspecified atom stereocenters. The first-order valence-electron chi connectivity index (χ1n) is 6.91. The number of hydrogen-bond donors (Lipinski definition) is 1. The summed E-state index contributed by atoms with van der Waals surface area (Å²) in [6.45, 7) is 0.789. The van der Waals surface area contributed by atoms with Crippen LogP contribution < -0.4 is 4.74 Å². The highest BCUT2D eigenvalue weighted by molar-refractivity contribution is 9.10. The quantitative estimate of drug-likeness (QED) is 0.704. The van der Waals surface area contributed by atoms with Crippen LogP contribution in [0.3, 0.4) is 0 Å². The Kier molecular flexibility index (Phi) is 6.74. The van der Waals surface area contributed by atoms with Gasteiger partial charge in [0.15, 0.2) is 0 Å². The summed E-state index contributed by atoms with van der Waals surface area (Å²) in [5.74, 6) is 1.08. The van der Waals surface area contributed by atoms with Gasteiger partial charge in [0, 0.05) is 15.6 Å². The molecule has 0 heterocycles. The Balaban J connectivity index is 1.81. The molecule has 0 aliphatic heterocycles. The minimum Gasteiger partial charge on any atom is -0.494 e. The Hall–Kier alpha value is -0.840. The maximum Gasteiger partial charge on any atom is 0.119 e. The summed E-state index contributed by atoms with van der Waals surface area (Å²) in [6.07, 6.45) is 1.69. The van der Waals surface area contributed by atoms with Gasteiger partial charge in [0.05, 0.1) is 6.61 Å². The van der Waals surface area contributed by atoms with Crippen molar-refractivity contribution in [3.05, 3.63) is 63.0 Å². The van der Waals surface area contributed by atoms with Crippen molar-refractivity contribution in [2.45, 2.75) is 12.8 Å². The van der Waals surface area contributed by atoms with E-state index in [4.69, 9.17) is 4.74 Å². The van der Waals surface area contributed by atoms with Crippen molar-refractivity contribution in [3.8, 4) is 5.75 Å². The topological polar surface area (TPSA) is 29.5 Å². The van der Waals surface area contributed by atoms with Gasteiger partial charge >= 0.3 is 0 Å². The molecule has 0 bridgehead atoms. The van der Waals surface area contributed by atoms with E-state index >= 15 is 0 Å². The average Bonchev–Trinajstić information content (AvgIpc) is 2.48. The molecule has 0 radical (unpaired) electrons. The Bertz CT molecular complexity index is 555. The van der Waals surface area contributed by atoms with Crippen molar-refractivity contribution in [1.29, 1.82) is 0 Å². The fraction of sp³-hybridized carbons (Fsp3) is 0.294. The molecule has 2 rings (SSSR count). The molecule has 0 aliphatic rings. The summed E-state index contributed by atoms with van der Waals surface area (Å²) in [6, 6.07) is 16.0. The molecule has 2 nitrogen and oxygen atoms in total. The van der Waals surface area contributed by atoms with Crippen molar-refractivity contribution in [3.63, 3.8) is 0 Å². The first kappa shape index (κ1) is 16.5. The maximum atomic E-state index is 9.52. The highest BCUT2D eigenvalue weighted by Crippen LogP contribution is 2.19. The highest BCUT2D eigenvalue weighted by Gasteiger charge is 2.09. The number of hydrogen-bond acceptors (Lipinski definition) is 2. The number of aliphatic hydroxyl groups is 1. The zero-order valence-electron chi connectivity index (χ0n) is 11.6. The summed E-state index contributed by atoms with van der Waals surface area (Å²) in [4.78, 5) is 0. The van der Waals surface area contributed by atoms with Gasteiger partial charge in [-0.05, 0) is 60.7 Å². The largest absolute Gasteiger partial charge is 0.494 e. The molecule has 0 saturated carbocycles. The molecule has 0 saturated heterocycles. The van der Waals surface area contributed by atoms with Crippen LogP contribution in [0, 0.1) is 5.92 Å². The minimum absolute atomic E-state index is 0.177. The molecular formula is C17H18Br2O2. The number of ether oxygens (including phenoxy) is 1. The van der Waals surface area contributed by atoms with Gasteiger partial charge in [-0.3, -0.25) is 0 Å². The van der Waals surface area contributed by atoms with E-state index in [1.165, 1.54) is 5.56 Å². The smallest absolute Gasteiger partial charge is 0.119 e. The van der Waals surface area contributed by atoms with E-state index < -0.39 is 0 Å². The summed E-state index contributed by atoms with van der Waals surface area (Å²) in [5, 5.41) is 9.52. The molecule has 112 valence electrons. The predicted molar refractivity (Wildman–Crippen MR) is 92.7 cm³/mol. The van der Waals surface area contributed by atoms with Crippen molar-refractivity contribution in [1.82, 2.24) is 0 Å². The third kappa shape index (κ3) is 5.81. The number of rotatable bonds is 7. The van der Waals surface area contributed by atoms with E-state index in [2.05, 4.69) is 44.0 Å². The van der Waals surface area contributed by atoms with E-state index in [0.29, 0.717) is 6.61 Å². The van der Waals surface area contributed by atoms with Crippen LogP contribution in [0.1, 0.15) is 12.0 Å². The molecule has 2 aromatic rings. The SMILES string of the molecule is OCC(CCOc1ccc(Br)cc1)Cc1cccc(Br)c1. The third-order valence-electron chi connectivity index (χ3n) is 3.28. The van der Waals surface area contributed by atoms with E-state index in [1.807, 2.05) is 36.4 Å². The van der Waals surface area contributed by atoms with Crippen LogP contribution in [0.4, 0.5) is 0 Å². The molecule has 0 aliphatic carbocycles. The third-order valence-corrected chi connectivity index (χ3v) is 4.30. The fourth-order valence-corrected chi connectivity index (χ4v) is 2.84. The van der Waals surface area contributed by atoms with E-state index in [1.54, 1.807) is 0 Å². The van der Waals surface area contributed by atoms with Gasteiger partial charge in [-0.15, -0.1) is 0 Å². The summed E-state index contributed by atoms with van der Waals surface area (Å²) in [7, 11) is 0. The van der Waals surface area contributed by atoms with Gasteiger partial charge in [-0.1, -0.05) is 44.0 Å². The van der Waals surface area contributed by atoms with Crippen LogP contribution in [0.5, 0.6) is 5.75 Å². The number of benzene rings is 2.